The standard InChI is InChI=1S/C21H22ClN5O2S/c1-13-5-6-15(22)11-17(13)27(20(29)16-12-30-26-25-16)18(14-7-9-23-10-8-14)19(28)24-21(2,3)4/h5-12,18H,1-4H3,(H,24,28)/t18-/m1/s1. The van der Waals surface area contributed by atoms with Crippen LogP contribution in [0.2, 0.25) is 5.02 Å². The van der Waals surface area contributed by atoms with Gasteiger partial charge in [-0.2, -0.15) is 0 Å². The van der Waals surface area contributed by atoms with E-state index in [1.165, 1.54) is 4.90 Å². The Morgan fingerprint density at radius 3 is 2.47 bits per heavy atom. The quantitative estimate of drug-likeness (QED) is 0.638. The van der Waals surface area contributed by atoms with E-state index in [-0.39, 0.29) is 11.6 Å². The number of halogens is 1. The molecule has 0 bridgehead atoms. The van der Waals surface area contributed by atoms with E-state index in [2.05, 4.69) is 19.9 Å². The number of carbonyl (C=O) groups excluding carboxylic acids is 2. The van der Waals surface area contributed by atoms with Crippen LogP contribution in [0.25, 0.3) is 0 Å². The van der Waals surface area contributed by atoms with Crippen LogP contribution < -0.4 is 10.2 Å². The second-order valence-corrected chi connectivity index (χ2v) is 8.86. The van der Waals surface area contributed by atoms with Gasteiger partial charge in [-0.3, -0.25) is 19.5 Å². The van der Waals surface area contributed by atoms with Crippen molar-refractivity contribution in [1.29, 1.82) is 0 Å². The highest BCUT2D eigenvalue weighted by Gasteiger charge is 2.36. The highest BCUT2D eigenvalue weighted by Crippen LogP contribution is 2.33. The highest BCUT2D eigenvalue weighted by molar-refractivity contribution is 7.03. The topological polar surface area (TPSA) is 88.1 Å². The van der Waals surface area contributed by atoms with Crippen LogP contribution in [0, 0.1) is 6.92 Å². The average Bonchev–Trinajstić information content (AvgIpc) is 3.21. The molecule has 9 heteroatoms. The minimum absolute atomic E-state index is 0.155. The Morgan fingerprint density at radius 2 is 1.87 bits per heavy atom. The van der Waals surface area contributed by atoms with Crippen molar-refractivity contribution < 1.29 is 9.59 Å². The van der Waals surface area contributed by atoms with Crippen molar-refractivity contribution in [2.75, 3.05) is 4.90 Å². The molecular formula is C21H22ClN5O2S. The average molecular weight is 444 g/mol. The number of carbonyl (C=O) groups is 2. The molecule has 1 atom stereocenters. The summed E-state index contributed by atoms with van der Waals surface area (Å²) in [6, 6.07) is 7.69. The molecule has 0 aliphatic heterocycles. The van der Waals surface area contributed by atoms with E-state index in [0.717, 1.165) is 17.1 Å². The number of hydrogen-bond donors (Lipinski definition) is 1. The van der Waals surface area contributed by atoms with Gasteiger partial charge in [-0.15, -0.1) is 5.10 Å². The molecule has 0 radical (unpaired) electrons. The van der Waals surface area contributed by atoms with Gasteiger partial charge in [-0.25, -0.2) is 0 Å². The largest absolute Gasteiger partial charge is 0.349 e. The third-order valence-corrected chi connectivity index (χ3v) is 4.99. The molecule has 0 saturated carbocycles. The van der Waals surface area contributed by atoms with Crippen molar-refractivity contribution in [1.82, 2.24) is 19.9 Å². The molecule has 0 spiro atoms. The SMILES string of the molecule is Cc1ccc(Cl)cc1N(C(=O)c1csnn1)[C@@H](C(=O)NC(C)(C)C)c1ccncc1. The summed E-state index contributed by atoms with van der Waals surface area (Å²) in [7, 11) is 0. The fraction of sp³-hybridized carbons (Fsp3) is 0.286. The van der Waals surface area contributed by atoms with Crippen LogP contribution in [-0.4, -0.2) is 31.9 Å². The van der Waals surface area contributed by atoms with Crippen molar-refractivity contribution in [2.24, 2.45) is 0 Å². The molecule has 7 nitrogen and oxygen atoms in total. The summed E-state index contributed by atoms with van der Waals surface area (Å²) in [6.45, 7) is 7.51. The van der Waals surface area contributed by atoms with Gasteiger partial charge in [-0.1, -0.05) is 22.2 Å². The summed E-state index contributed by atoms with van der Waals surface area (Å²) in [6.07, 6.45) is 3.18. The fourth-order valence-corrected chi connectivity index (χ4v) is 3.59. The third kappa shape index (κ3) is 5.01. The van der Waals surface area contributed by atoms with Gasteiger partial charge >= 0.3 is 0 Å². The molecule has 2 aromatic heterocycles. The molecule has 0 unspecified atom stereocenters. The lowest BCUT2D eigenvalue weighted by atomic mass is 10.0. The maximum atomic E-state index is 13.5. The Labute approximate surface area is 184 Å². The molecule has 1 N–H and O–H groups in total. The number of aryl methyl sites for hydroxylation is 1. The molecule has 0 fully saturated rings. The third-order valence-electron chi connectivity index (χ3n) is 4.26. The summed E-state index contributed by atoms with van der Waals surface area (Å²) in [5.41, 5.74) is 1.58. The van der Waals surface area contributed by atoms with E-state index < -0.39 is 17.5 Å². The van der Waals surface area contributed by atoms with E-state index in [1.807, 2.05) is 33.8 Å². The minimum atomic E-state index is -0.960. The number of amides is 2. The first-order valence-corrected chi connectivity index (χ1v) is 10.5. The van der Waals surface area contributed by atoms with Crippen LogP contribution >= 0.6 is 23.1 Å². The lowest BCUT2D eigenvalue weighted by molar-refractivity contribution is -0.123. The molecule has 2 heterocycles. The number of pyridine rings is 1. The van der Waals surface area contributed by atoms with Crippen molar-refractivity contribution >= 4 is 40.6 Å². The monoisotopic (exact) mass is 443 g/mol. The smallest absolute Gasteiger partial charge is 0.280 e. The van der Waals surface area contributed by atoms with Gasteiger partial charge < -0.3 is 5.32 Å². The van der Waals surface area contributed by atoms with Gasteiger partial charge in [0.15, 0.2) is 5.69 Å². The first-order chi connectivity index (χ1) is 14.2. The number of rotatable bonds is 5. The Hall–Kier alpha value is -2.84. The predicted octanol–water partition coefficient (Wildman–Crippen LogP) is 4.20. The molecule has 156 valence electrons. The maximum Gasteiger partial charge on any atom is 0.280 e. The molecule has 3 rings (SSSR count). The lowest BCUT2D eigenvalue weighted by Gasteiger charge is -2.34. The van der Waals surface area contributed by atoms with Crippen molar-refractivity contribution in [3.63, 3.8) is 0 Å². The number of anilines is 1. The Kier molecular flexibility index (Phi) is 6.48. The zero-order valence-corrected chi connectivity index (χ0v) is 18.7. The van der Waals surface area contributed by atoms with Crippen LogP contribution in [0.1, 0.15) is 48.4 Å². The number of aromatic nitrogens is 3. The van der Waals surface area contributed by atoms with Gasteiger partial charge in [0, 0.05) is 34.0 Å². The molecular weight excluding hydrogens is 422 g/mol. The second-order valence-electron chi connectivity index (χ2n) is 7.82. The zero-order valence-electron chi connectivity index (χ0n) is 17.1. The van der Waals surface area contributed by atoms with Crippen LogP contribution in [0.3, 0.4) is 0 Å². The number of benzene rings is 1. The number of nitrogens with zero attached hydrogens (tertiary/aromatic N) is 4. The van der Waals surface area contributed by atoms with E-state index in [1.54, 1.807) is 42.0 Å². The maximum absolute atomic E-state index is 13.5. The highest BCUT2D eigenvalue weighted by atomic mass is 35.5. The van der Waals surface area contributed by atoms with Gasteiger partial charge in [0.2, 0.25) is 5.91 Å². The first-order valence-electron chi connectivity index (χ1n) is 9.26. The summed E-state index contributed by atoms with van der Waals surface area (Å²) in [5, 5.41) is 8.92. The Balaban J connectivity index is 2.21. The van der Waals surface area contributed by atoms with Gasteiger partial charge in [0.1, 0.15) is 6.04 Å². The molecule has 0 aliphatic carbocycles. The van der Waals surface area contributed by atoms with E-state index in [9.17, 15) is 9.59 Å². The number of nitrogens with one attached hydrogen (secondary N) is 1. The van der Waals surface area contributed by atoms with E-state index in [4.69, 9.17) is 11.6 Å². The van der Waals surface area contributed by atoms with Crippen molar-refractivity contribution in [3.8, 4) is 0 Å². The molecule has 1 aromatic carbocycles. The molecule has 0 saturated heterocycles. The van der Waals surface area contributed by atoms with Crippen LogP contribution in [0.4, 0.5) is 5.69 Å². The van der Waals surface area contributed by atoms with Crippen LogP contribution in [-0.2, 0) is 4.79 Å². The van der Waals surface area contributed by atoms with Gasteiger partial charge in [-0.05, 0) is 74.6 Å². The predicted molar refractivity (Wildman–Crippen MR) is 118 cm³/mol. The van der Waals surface area contributed by atoms with Crippen LogP contribution in [0.15, 0.2) is 48.1 Å². The lowest BCUT2D eigenvalue weighted by Crippen LogP contribution is -2.49. The zero-order chi connectivity index (χ0) is 21.9. The summed E-state index contributed by atoms with van der Waals surface area (Å²) >= 11 is 7.32. The van der Waals surface area contributed by atoms with Gasteiger partial charge in [0.25, 0.3) is 5.91 Å². The minimum Gasteiger partial charge on any atom is -0.349 e. The van der Waals surface area contributed by atoms with E-state index >= 15 is 0 Å². The second kappa shape index (κ2) is 8.89. The van der Waals surface area contributed by atoms with Crippen molar-refractivity contribution in [3.05, 3.63) is 69.9 Å². The van der Waals surface area contributed by atoms with Gasteiger partial charge in [0.05, 0.1) is 0 Å². The Bertz CT molecular complexity index is 1040. The fourth-order valence-electron chi connectivity index (χ4n) is 2.99. The molecule has 30 heavy (non-hydrogen) atoms. The Morgan fingerprint density at radius 1 is 1.17 bits per heavy atom. The molecule has 2 amide bonds. The van der Waals surface area contributed by atoms with E-state index in [0.29, 0.717) is 16.3 Å². The van der Waals surface area contributed by atoms with Crippen molar-refractivity contribution in [2.45, 2.75) is 39.3 Å². The first kappa shape index (κ1) is 21.9. The van der Waals surface area contributed by atoms with Crippen LogP contribution in [0.5, 0.6) is 0 Å². The molecule has 3 aromatic rings. The molecule has 0 aliphatic rings. The summed E-state index contributed by atoms with van der Waals surface area (Å²) in [5.74, 6) is -0.774. The normalized spacial score (nSPS) is 12.3. The number of hydrogen-bond acceptors (Lipinski definition) is 6. The summed E-state index contributed by atoms with van der Waals surface area (Å²) in [4.78, 5) is 32.5. The summed E-state index contributed by atoms with van der Waals surface area (Å²) < 4.78 is 3.80.